The van der Waals surface area contributed by atoms with E-state index in [9.17, 15) is 4.79 Å². The molecule has 1 aliphatic rings. The summed E-state index contributed by atoms with van der Waals surface area (Å²) in [6.07, 6.45) is 0.791. The molecule has 0 aliphatic carbocycles. The molecule has 0 saturated carbocycles. The van der Waals surface area contributed by atoms with Gasteiger partial charge >= 0.3 is 6.09 Å². The lowest BCUT2D eigenvalue weighted by Gasteiger charge is -2.16. The number of carboxylic acid groups (broad SMARTS) is 1. The summed E-state index contributed by atoms with van der Waals surface area (Å²) in [7, 11) is 5.43. The molecule has 9 heavy (non-hydrogen) atoms. The summed E-state index contributed by atoms with van der Waals surface area (Å²) in [6, 6.07) is 0. The Labute approximate surface area is 55.1 Å². The zero-order valence-corrected chi connectivity index (χ0v) is 5.08. The van der Waals surface area contributed by atoms with Crippen molar-refractivity contribution >= 4 is 13.9 Å². The van der Waals surface area contributed by atoms with Gasteiger partial charge in [0.2, 0.25) is 0 Å². The van der Waals surface area contributed by atoms with E-state index in [-0.39, 0.29) is 5.94 Å². The van der Waals surface area contributed by atoms with Crippen LogP contribution >= 0.6 is 0 Å². The van der Waals surface area contributed by atoms with Crippen LogP contribution in [0.3, 0.4) is 0 Å². The molecule has 1 aliphatic heterocycles. The smallest absolute Gasteiger partial charge is 0.406 e. The summed E-state index contributed by atoms with van der Waals surface area (Å²) in [5, 5.41) is 8.43. The number of hydrogen-bond donors (Lipinski definition) is 1. The average Bonchev–Trinajstić information content (AvgIpc) is 2.13. The molecule has 2 radical (unpaired) electrons. The van der Waals surface area contributed by atoms with Crippen molar-refractivity contribution in [3.05, 3.63) is 0 Å². The van der Waals surface area contributed by atoms with Gasteiger partial charge in [0, 0.05) is 6.54 Å². The number of amides is 1. The van der Waals surface area contributed by atoms with Gasteiger partial charge in [0.25, 0.3) is 0 Å². The maximum atomic E-state index is 10.3. The third-order valence-electron chi connectivity index (χ3n) is 1.54. The van der Waals surface area contributed by atoms with Gasteiger partial charge in [-0.15, -0.1) is 0 Å². The molecule has 0 aromatic rings. The summed E-state index contributed by atoms with van der Waals surface area (Å²) < 4.78 is 0. The molecule has 1 unspecified atom stereocenters. The Bertz CT molecular complexity index is 128. The summed E-state index contributed by atoms with van der Waals surface area (Å²) in [5.41, 5.74) is 0. The quantitative estimate of drug-likeness (QED) is 0.471. The van der Waals surface area contributed by atoms with Gasteiger partial charge in [-0.25, -0.2) is 4.79 Å². The first kappa shape index (κ1) is 6.45. The lowest BCUT2D eigenvalue weighted by Crippen LogP contribution is -2.34. The number of likely N-dealkylation sites (tertiary alicyclic amines) is 1. The monoisotopic (exact) mass is 125 g/mol. The second-order valence-electron chi connectivity index (χ2n) is 2.19. The Kier molecular flexibility index (Phi) is 1.64. The van der Waals surface area contributed by atoms with Gasteiger partial charge in [-0.05, 0) is 18.8 Å². The molecule has 3 nitrogen and oxygen atoms in total. The van der Waals surface area contributed by atoms with Crippen molar-refractivity contribution < 1.29 is 9.90 Å². The van der Waals surface area contributed by atoms with E-state index in [2.05, 4.69) is 0 Å². The summed E-state index contributed by atoms with van der Waals surface area (Å²) in [6.45, 7) is 0.594. The van der Waals surface area contributed by atoms with E-state index in [1.54, 1.807) is 0 Å². The molecule has 0 aromatic heterocycles. The van der Waals surface area contributed by atoms with Crippen LogP contribution in [0.25, 0.3) is 0 Å². The number of nitrogens with zero attached hydrogens (tertiary/aromatic N) is 1. The van der Waals surface area contributed by atoms with Gasteiger partial charge in [0.1, 0.15) is 0 Å². The van der Waals surface area contributed by atoms with Crippen molar-refractivity contribution in [1.82, 2.24) is 4.90 Å². The van der Waals surface area contributed by atoms with Crippen LogP contribution in [0, 0.1) is 0 Å². The zero-order chi connectivity index (χ0) is 6.85. The predicted molar refractivity (Wildman–Crippen MR) is 33.5 cm³/mol. The van der Waals surface area contributed by atoms with Crippen LogP contribution in [0.1, 0.15) is 12.8 Å². The van der Waals surface area contributed by atoms with Crippen LogP contribution in [0.2, 0.25) is 0 Å². The van der Waals surface area contributed by atoms with E-state index < -0.39 is 6.09 Å². The number of rotatable bonds is 0. The second-order valence-corrected chi connectivity index (χ2v) is 2.19. The van der Waals surface area contributed by atoms with E-state index in [1.807, 2.05) is 0 Å². The molecule has 0 bridgehead atoms. The van der Waals surface area contributed by atoms with Crippen molar-refractivity contribution in [2.75, 3.05) is 6.54 Å². The highest BCUT2D eigenvalue weighted by molar-refractivity contribution is 6.12. The van der Waals surface area contributed by atoms with Crippen LogP contribution in [0.5, 0.6) is 0 Å². The third kappa shape index (κ3) is 1.17. The van der Waals surface area contributed by atoms with E-state index in [0.29, 0.717) is 6.54 Å². The van der Waals surface area contributed by atoms with E-state index in [4.69, 9.17) is 13.0 Å². The standard InChI is InChI=1S/C5H8BNO2/c6-4-2-1-3-7(4)5(8)9/h4H,1-3H2,(H,8,9). The Balaban J connectivity index is 2.49. The lowest BCUT2D eigenvalue weighted by molar-refractivity contribution is 0.151. The van der Waals surface area contributed by atoms with Crippen molar-refractivity contribution in [2.24, 2.45) is 0 Å². The van der Waals surface area contributed by atoms with Crippen LogP contribution in [0.15, 0.2) is 0 Å². The number of hydrogen-bond acceptors (Lipinski definition) is 1. The van der Waals surface area contributed by atoms with Crippen LogP contribution < -0.4 is 0 Å². The van der Waals surface area contributed by atoms with Gasteiger partial charge in [-0.3, -0.25) is 0 Å². The molecule has 1 rings (SSSR count). The number of carbonyl (C=O) groups is 1. The van der Waals surface area contributed by atoms with Crippen molar-refractivity contribution in [1.29, 1.82) is 0 Å². The van der Waals surface area contributed by atoms with E-state index in [0.717, 1.165) is 12.8 Å². The molecule has 1 N–H and O–H groups in total. The molecule has 1 fully saturated rings. The molecule has 0 aromatic carbocycles. The molecule has 0 spiro atoms. The minimum Gasteiger partial charge on any atom is -0.465 e. The van der Waals surface area contributed by atoms with E-state index >= 15 is 0 Å². The van der Waals surface area contributed by atoms with Gasteiger partial charge in [0.05, 0.1) is 7.85 Å². The average molecular weight is 125 g/mol. The maximum Gasteiger partial charge on any atom is 0.406 e. The van der Waals surface area contributed by atoms with Crippen LogP contribution in [-0.2, 0) is 0 Å². The second kappa shape index (κ2) is 2.29. The minimum absolute atomic E-state index is 0.262. The maximum absolute atomic E-state index is 10.3. The SMILES string of the molecule is [B]C1CCCN1C(=O)O. The van der Waals surface area contributed by atoms with Crippen molar-refractivity contribution in [3.8, 4) is 0 Å². The fourth-order valence-corrected chi connectivity index (χ4v) is 1.03. The highest BCUT2D eigenvalue weighted by Crippen LogP contribution is 2.13. The lowest BCUT2D eigenvalue weighted by atomic mass is 9.94. The van der Waals surface area contributed by atoms with Gasteiger partial charge in [-0.1, -0.05) is 0 Å². The van der Waals surface area contributed by atoms with Crippen LogP contribution in [0.4, 0.5) is 4.79 Å². The fourth-order valence-electron chi connectivity index (χ4n) is 1.03. The zero-order valence-electron chi connectivity index (χ0n) is 5.08. The molecule has 1 saturated heterocycles. The Morgan fingerprint density at radius 1 is 1.78 bits per heavy atom. The predicted octanol–water partition coefficient (Wildman–Crippen LogP) is 0.255. The van der Waals surface area contributed by atoms with Crippen LogP contribution in [-0.4, -0.2) is 36.4 Å². The largest absolute Gasteiger partial charge is 0.465 e. The van der Waals surface area contributed by atoms with Gasteiger partial charge < -0.3 is 10.0 Å². The first-order chi connectivity index (χ1) is 4.22. The third-order valence-corrected chi connectivity index (χ3v) is 1.54. The normalized spacial score (nSPS) is 26.7. The highest BCUT2D eigenvalue weighted by Gasteiger charge is 2.23. The molecule has 1 heterocycles. The summed E-state index contributed by atoms with van der Waals surface area (Å²) >= 11 is 0. The van der Waals surface area contributed by atoms with Gasteiger partial charge in [0.15, 0.2) is 0 Å². The minimum atomic E-state index is -0.903. The van der Waals surface area contributed by atoms with E-state index in [1.165, 1.54) is 4.90 Å². The first-order valence-corrected chi connectivity index (χ1v) is 2.97. The Morgan fingerprint density at radius 3 is 2.67 bits per heavy atom. The molecule has 1 amide bonds. The van der Waals surface area contributed by atoms with Crippen molar-refractivity contribution in [3.63, 3.8) is 0 Å². The molecule has 1 atom stereocenters. The molecule has 4 heteroatoms. The van der Waals surface area contributed by atoms with Gasteiger partial charge in [-0.2, -0.15) is 0 Å². The molecule has 48 valence electrons. The Morgan fingerprint density at radius 2 is 2.44 bits per heavy atom. The van der Waals surface area contributed by atoms with Crippen molar-refractivity contribution in [2.45, 2.75) is 18.8 Å². The summed E-state index contributed by atoms with van der Waals surface area (Å²) in [4.78, 5) is 11.5. The fraction of sp³-hybridized carbons (Fsp3) is 0.800. The molecular weight excluding hydrogens is 117 g/mol. The summed E-state index contributed by atoms with van der Waals surface area (Å²) in [5.74, 6) is -0.262. The molecular formula is C5H8BNO2. The first-order valence-electron chi connectivity index (χ1n) is 2.97. The highest BCUT2D eigenvalue weighted by atomic mass is 16.4. The topological polar surface area (TPSA) is 40.5 Å². The Hall–Kier alpha value is -0.665.